The van der Waals surface area contributed by atoms with E-state index in [1.807, 2.05) is 0 Å². The van der Waals surface area contributed by atoms with E-state index < -0.39 is 0 Å². The maximum absolute atomic E-state index is 11.1. The Morgan fingerprint density at radius 3 is 1.44 bits per heavy atom. The van der Waals surface area contributed by atoms with Gasteiger partial charge in [-0.05, 0) is 25.7 Å². The second kappa shape index (κ2) is 12.3. The lowest BCUT2D eigenvalue weighted by Crippen LogP contribution is -2.13. The van der Waals surface area contributed by atoms with E-state index in [9.17, 15) is 9.59 Å². The molecule has 0 spiro atoms. The zero-order valence-electron chi connectivity index (χ0n) is 10.6. The van der Waals surface area contributed by atoms with E-state index in [0.29, 0.717) is 25.7 Å². The molecule has 0 saturated carbocycles. The summed E-state index contributed by atoms with van der Waals surface area (Å²) in [5.74, 6) is -0.695. The van der Waals surface area contributed by atoms with Gasteiger partial charge in [0.15, 0.2) is 0 Å². The topological polar surface area (TPSA) is 93.1 Å². The normalized spacial score (nSPS) is 10.1. The lowest BCUT2D eigenvalue weighted by Gasteiger charge is -2.06. The second-order valence-corrected chi connectivity index (χ2v) is 3.80. The van der Waals surface area contributed by atoms with E-state index >= 15 is 0 Å². The number of carbonyl (C=O) groups is 2. The Labute approximate surface area is 107 Å². The van der Waals surface area contributed by atoms with Gasteiger partial charge in [-0.15, -0.1) is 0 Å². The smallest absolute Gasteiger partial charge is 0.305 e. The third kappa shape index (κ3) is 11.3. The average molecular weight is 262 g/mol. The van der Waals surface area contributed by atoms with Crippen LogP contribution in [-0.4, -0.2) is 48.6 Å². The monoisotopic (exact) mass is 262 g/mol. The van der Waals surface area contributed by atoms with Gasteiger partial charge in [0.1, 0.15) is 13.2 Å². The van der Waals surface area contributed by atoms with Crippen LogP contribution in [0.1, 0.15) is 38.5 Å². The molecule has 0 unspecified atom stereocenters. The summed E-state index contributed by atoms with van der Waals surface area (Å²) in [6, 6.07) is 0. The molecule has 0 heterocycles. The van der Waals surface area contributed by atoms with Crippen LogP contribution in [0, 0.1) is 0 Å². The zero-order chi connectivity index (χ0) is 13.6. The van der Waals surface area contributed by atoms with Crippen molar-refractivity contribution < 1.29 is 29.3 Å². The molecule has 0 aliphatic carbocycles. The number of carbonyl (C=O) groups excluding carboxylic acids is 2. The van der Waals surface area contributed by atoms with Crippen LogP contribution in [-0.2, 0) is 19.1 Å². The number of rotatable bonds is 11. The lowest BCUT2D eigenvalue weighted by atomic mass is 10.2. The van der Waals surface area contributed by atoms with Gasteiger partial charge in [0.2, 0.25) is 0 Å². The van der Waals surface area contributed by atoms with Gasteiger partial charge in [0.05, 0.1) is 0 Å². The number of unbranched alkanes of at least 4 members (excludes halogenated alkanes) is 2. The number of hydrogen-bond acceptors (Lipinski definition) is 6. The fourth-order valence-corrected chi connectivity index (χ4v) is 1.22. The maximum Gasteiger partial charge on any atom is 0.305 e. The first-order valence-corrected chi connectivity index (χ1v) is 6.23. The van der Waals surface area contributed by atoms with Gasteiger partial charge in [-0.3, -0.25) is 9.59 Å². The number of ether oxygens (including phenoxy) is 2. The van der Waals surface area contributed by atoms with Crippen LogP contribution in [0.5, 0.6) is 0 Å². The summed E-state index contributed by atoms with van der Waals surface area (Å²) in [6.45, 7) is 0.255. The molecular formula is C12H22O6. The molecule has 0 aromatic carbocycles. The standard InChI is InChI=1S/C12H22O6/c13-7-3-1-5-11(15)17-9-10-18-12(16)6-2-4-8-14/h13-14H,1-10H2. The molecule has 0 bridgehead atoms. The molecule has 0 aromatic rings. The van der Waals surface area contributed by atoms with Gasteiger partial charge >= 0.3 is 11.9 Å². The molecule has 18 heavy (non-hydrogen) atoms. The summed E-state index contributed by atoms with van der Waals surface area (Å²) in [4.78, 5) is 22.2. The molecule has 0 amide bonds. The molecule has 0 aliphatic heterocycles. The van der Waals surface area contributed by atoms with Gasteiger partial charge < -0.3 is 19.7 Å². The van der Waals surface area contributed by atoms with Gasteiger partial charge in [0.25, 0.3) is 0 Å². The summed E-state index contributed by atoms with van der Waals surface area (Å²) < 4.78 is 9.65. The van der Waals surface area contributed by atoms with E-state index in [1.165, 1.54) is 0 Å². The van der Waals surface area contributed by atoms with Crippen molar-refractivity contribution in [2.75, 3.05) is 26.4 Å². The Kier molecular flexibility index (Phi) is 11.5. The SMILES string of the molecule is O=C(CCCCO)OCCOC(=O)CCCCO. The Hall–Kier alpha value is -1.14. The second-order valence-electron chi connectivity index (χ2n) is 3.80. The fourth-order valence-electron chi connectivity index (χ4n) is 1.22. The van der Waals surface area contributed by atoms with Crippen LogP contribution in [0.3, 0.4) is 0 Å². The zero-order valence-corrected chi connectivity index (χ0v) is 10.6. The van der Waals surface area contributed by atoms with Crippen molar-refractivity contribution in [1.29, 1.82) is 0 Å². The molecule has 0 saturated heterocycles. The Balaban J connectivity index is 3.32. The average Bonchev–Trinajstić information content (AvgIpc) is 2.35. The van der Waals surface area contributed by atoms with Crippen LogP contribution in [0.25, 0.3) is 0 Å². The molecule has 0 atom stereocenters. The van der Waals surface area contributed by atoms with Crippen molar-refractivity contribution in [2.45, 2.75) is 38.5 Å². The van der Waals surface area contributed by atoms with Crippen molar-refractivity contribution in [3.63, 3.8) is 0 Å². The van der Waals surface area contributed by atoms with Crippen molar-refractivity contribution in [3.05, 3.63) is 0 Å². The lowest BCUT2D eigenvalue weighted by molar-refractivity contribution is -0.152. The van der Waals surface area contributed by atoms with Gasteiger partial charge in [-0.2, -0.15) is 0 Å². The van der Waals surface area contributed by atoms with Crippen LogP contribution < -0.4 is 0 Å². The van der Waals surface area contributed by atoms with Crippen LogP contribution >= 0.6 is 0 Å². The fraction of sp³-hybridized carbons (Fsp3) is 0.833. The van der Waals surface area contributed by atoms with Crippen molar-refractivity contribution in [2.24, 2.45) is 0 Å². The molecule has 0 fully saturated rings. The Morgan fingerprint density at radius 1 is 0.722 bits per heavy atom. The number of aliphatic hydroxyl groups excluding tert-OH is 2. The first-order chi connectivity index (χ1) is 8.70. The van der Waals surface area contributed by atoms with E-state index in [4.69, 9.17) is 19.7 Å². The number of esters is 2. The molecular weight excluding hydrogens is 240 g/mol. The van der Waals surface area contributed by atoms with Gasteiger partial charge in [-0.25, -0.2) is 0 Å². The largest absolute Gasteiger partial charge is 0.462 e. The van der Waals surface area contributed by atoms with Crippen LogP contribution in [0.15, 0.2) is 0 Å². The van der Waals surface area contributed by atoms with Crippen LogP contribution in [0.2, 0.25) is 0 Å². The quantitative estimate of drug-likeness (QED) is 0.413. The predicted molar refractivity (Wildman–Crippen MR) is 63.8 cm³/mol. The van der Waals surface area contributed by atoms with Crippen molar-refractivity contribution in [3.8, 4) is 0 Å². The highest BCUT2D eigenvalue weighted by Gasteiger charge is 2.05. The van der Waals surface area contributed by atoms with E-state index in [-0.39, 0.29) is 51.2 Å². The molecule has 0 rings (SSSR count). The highest BCUT2D eigenvalue weighted by atomic mass is 16.6. The minimum atomic E-state index is -0.347. The van der Waals surface area contributed by atoms with Gasteiger partial charge in [0, 0.05) is 26.1 Å². The summed E-state index contributed by atoms with van der Waals surface area (Å²) in [5, 5.41) is 17.0. The third-order valence-electron chi connectivity index (χ3n) is 2.19. The van der Waals surface area contributed by atoms with Gasteiger partial charge in [-0.1, -0.05) is 0 Å². The van der Waals surface area contributed by atoms with E-state index in [0.717, 1.165) is 0 Å². The maximum atomic E-state index is 11.1. The summed E-state index contributed by atoms with van der Waals surface area (Å²) in [6.07, 6.45) is 2.88. The predicted octanol–water partition coefficient (Wildman–Crippen LogP) is 0.398. The van der Waals surface area contributed by atoms with Crippen LogP contribution in [0.4, 0.5) is 0 Å². The molecule has 2 N–H and O–H groups in total. The summed E-state index contributed by atoms with van der Waals surface area (Å²) in [7, 11) is 0. The highest BCUT2D eigenvalue weighted by molar-refractivity contribution is 5.70. The number of aliphatic hydroxyl groups is 2. The van der Waals surface area contributed by atoms with Crippen molar-refractivity contribution >= 4 is 11.9 Å². The first-order valence-electron chi connectivity index (χ1n) is 6.23. The summed E-state index contributed by atoms with van der Waals surface area (Å²) >= 11 is 0. The molecule has 0 aliphatic rings. The minimum absolute atomic E-state index is 0.0592. The van der Waals surface area contributed by atoms with E-state index in [1.54, 1.807) is 0 Å². The first kappa shape index (κ1) is 16.9. The Morgan fingerprint density at radius 2 is 1.11 bits per heavy atom. The highest BCUT2D eigenvalue weighted by Crippen LogP contribution is 1.98. The molecule has 106 valence electrons. The minimum Gasteiger partial charge on any atom is -0.462 e. The molecule has 6 nitrogen and oxygen atoms in total. The van der Waals surface area contributed by atoms with E-state index in [2.05, 4.69) is 0 Å². The third-order valence-corrected chi connectivity index (χ3v) is 2.19. The number of hydrogen-bond donors (Lipinski definition) is 2. The summed E-state index contributed by atoms with van der Waals surface area (Å²) in [5.41, 5.74) is 0. The Bertz CT molecular complexity index is 205. The molecule has 6 heteroatoms. The molecule has 0 radical (unpaired) electrons. The van der Waals surface area contributed by atoms with Crippen molar-refractivity contribution in [1.82, 2.24) is 0 Å². The molecule has 0 aromatic heterocycles.